The molecule has 3 aliphatic carbocycles. The summed E-state index contributed by atoms with van der Waals surface area (Å²) in [5.41, 5.74) is -1.54. The lowest BCUT2D eigenvalue weighted by molar-refractivity contribution is -0.138. The third-order valence-electron chi connectivity index (χ3n) is 6.16. The van der Waals surface area contributed by atoms with E-state index in [0.717, 1.165) is 5.57 Å². The minimum Gasteiger partial charge on any atom is -0.393 e. The van der Waals surface area contributed by atoms with E-state index in [1.165, 1.54) is 6.08 Å². The van der Waals surface area contributed by atoms with Crippen molar-refractivity contribution < 1.29 is 14.7 Å². The molecule has 1 saturated carbocycles. The van der Waals surface area contributed by atoms with Gasteiger partial charge in [0, 0.05) is 22.2 Å². The zero-order valence-corrected chi connectivity index (χ0v) is 14.8. The van der Waals surface area contributed by atoms with Gasteiger partial charge >= 0.3 is 0 Å². The Morgan fingerprint density at radius 3 is 2.24 bits per heavy atom. The van der Waals surface area contributed by atoms with Crippen LogP contribution in [0, 0.1) is 44.8 Å². The maximum absolute atomic E-state index is 12.7. The van der Waals surface area contributed by atoms with Gasteiger partial charge in [0.25, 0.3) is 0 Å². The Morgan fingerprint density at radius 2 is 1.68 bits per heavy atom. The SMILES string of the molecule is CC1(C)C(=O)C(C#N)=C[C@]2(C)C3=CC(=O)C(C#N)=C[C@]3(C)C[C@H](O)[C@@H]12. The Bertz CT molecular complexity index is 878. The summed E-state index contributed by atoms with van der Waals surface area (Å²) in [7, 11) is 0. The highest BCUT2D eigenvalue weighted by Crippen LogP contribution is 2.63. The number of nitriles is 2. The van der Waals surface area contributed by atoms with Crippen molar-refractivity contribution in [3.8, 4) is 12.1 Å². The average Bonchev–Trinajstić information content (AvgIpc) is 2.51. The molecule has 0 saturated heterocycles. The summed E-state index contributed by atoms with van der Waals surface area (Å²) in [6, 6.07) is 3.89. The van der Waals surface area contributed by atoms with Gasteiger partial charge in [0.2, 0.25) is 0 Å². The van der Waals surface area contributed by atoms with Crippen LogP contribution in [0.5, 0.6) is 0 Å². The molecule has 0 spiro atoms. The van der Waals surface area contributed by atoms with Crippen LogP contribution in [0.15, 0.2) is 34.9 Å². The molecule has 1 N–H and O–H groups in total. The van der Waals surface area contributed by atoms with Crippen molar-refractivity contribution in [2.45, 2.75) is 40.2 Å². The number of allylic oxidation sites excluding steroid dienone is 6. The quantitative estimate of drug-likeness (QED) is 0.732. The summed E-state index contributed by atoms with van der Waals surface area (Å²) in [6.07, 6.45) is 4.22. The van der Waals surface area contributed by atoms with Gasteiger partial charge in [-0.3, -0.25) is 9.59 Å². The molecule has 128 valence electrons. The van der Waals surface area contributed by atoms with Crippen LogP contribution in [0.25, 0.3) is 0 Å². The first-order chi connectivity index (χ1) is 11.5. The van der Waals surface area contributed by atoms with Gasteiger partial charge in [-0.1, -0.05) is 39.8 Å². The largest absolute Gasteiger partial charge is 0.393 e. The van der Waals surface area contributed by atoms with E-state index in [1.54, 1.807) is 26.0 Å². The normalized spacial score (nSPS) is 39.1. The second-order valence-electron chi connectivity index (χ2n) is 8.26. The molecule has 5 heteroatoms. The van der Waals surface area contributed by atoms with Crippen LogP contribution in [0.3, 0.4) is 0 Å². The molecule has 5 nitrogen and oxygen atoms in total. The second kappa shape index (κ2) is 5.00. The van der Waals surface area contributed by atoms with Crippen molar-refractivity contribution in [1.82, 2.24) is 0 Å². The Hall–Kier alpha value is -2.50. The van der Waals surface area contributed by atoms with E-state index in [1.807, 2.05) is 26.0 Å². The minimum atomic E-state index is -0.932. The molecule has 0 aromatic carbocycles. The molecule has 0 amide bonds. The summed E-state index contributed by atoms with van der Waals surface area (Å²) in [4.78, 5) is 25.0. The van der Waals surface area contributed by atoms with Gasteiger partial charge in [-0.05, 0) is 18.1 Å². The average molecular weight is 336 g/mol. The molecule has 0 bridgehead atoms. The van der Waals surface area contributed by atoms with E-state index in [0.29, 0.717) is 6.42 Å². The fourth-order valence-corrected chi connectivity index (χ4v) is 5.32. The number of nitrogens with zero attached hydrogens (tertiary/aromatic N) is 2. The number of carbonyl (C=O) groups is 2. The zero-order valence-electron chi connectivity index (χ0n) is 14.8. The molecular formula is C20H20N2O3. The number of ketones is 2. The maximum Gasteiger partial charge on any atom is 0.196 e. The highest BCUT2D eigenvalue weighted by atomic mass is 16.3. The lowest BCUT2D eigenvalue weighted by Crippen LogP contribution is -2.58. The summed E-state index contributed by atoms with van der Waals surface area (Å²) >= 11 is 0. The van der Waals surface area contributed by atoms with Crippen LogP contribution in [-0.4, -0.2) is 22.8 Å². The van der Waals surface area contributed by atoms with E-state index in [9.17, 15) is 25.2 Å². The number of Topliss-reactive ketones (excluding diaryl/α,β-unsaturated/α-hetero) is 1. The van der Waals surface area contributed by atoms with Crippen LogP contribution in [-0.2, 0) is 9.59 Å². The van der Waals surface area contributed by atoms with Crippen molar-refractivity contribution in [3.05, 3.63) is 34.9 Å². The lowest BCUT2D eigenvalue weighted by atomic mass is 9.45. The third kappa shape index (κ3) is 2.09. The fraction of sp³-hybridized carbons (Fsp3) is 0.500. The zero-order chi connectivity index (χ0) is 18.8. The third-order valence-corrected chi connectivity index (χ3v) is 6.16. The highest BCUT2D eigenvalue weighted by Gasteiger charge is 2.61. The topological polar surface area (TPSA) is 102 Å². The molecule has 1 fully saturated rings. The van der Waals surface area contributed by atoms with Crippen molar-refractivity contribution in [1.29, 1.82) is 10.5 Å². The Balaban J connectivity index is 2.31. The predicted molar refractivity (Wildman–Crippen MR) is 89.6 cm³/mol. The van der Waals surface area contributed by atoms with Crippen LogP contribution in [0.4, 0.5) is 0 Å². The van der Waals surface area contributed by atoms with Crippen LogP contribution < -0.4 is 0 Å². The summed E-state index contributed by atoms with van der Waals surface area (Å²) in [5, 5.41) is 29.5. The fourth-order valence-electron chi connectivity index (χ4n) is 5.32. The van der Waals surface area contributed by atoms with E-state index in [4.69, 9.17) is 0 Å². The van der Waals surface area contributed by atoms with Gasteiger partial charge in [-0.15, -0.1) is 0 Å². The molecule has 4 atom stereocenters. The Kier molecular flexibility index (Phi) is 3.47. The molecule has 25 heavy (non-hydrogen) atoms. The van der Waals surface area contributed by atoms with Crippen LogP contribution >= 0.6 is 0 Å². The number of carbonyl (C=O) groups excluding carboxylic acids is 2. The molecule has 0 heterocycles. The van der Waals surface area contributed by atoms with Crippen molar-refractivity contribution in [2.75, 3.05) is 0 Å². The second-order valence-corrected chi connectivity index (χ2v) is 8.26. The number of hydrogen-bond acceptors (Lipinski definition) is 5. The van der Waals surface area contributed by atoms with E-state index >= 15 is 0 Å². The predicted octanol–water partition coefficient (Wildman–Crippen LogP) is 2.40. The number of aliphatic hydroxyl groups excluding tert-OH is 1. The summed E-state index contributed by atoms with van der Waals surface area (Å²) < 4.78 is 0. The van der Waals surface area contributed by atoms with Gasteiger partial charge in [0.05, 0.1) is 17.3 Å². The van der Waals surface area contributed by atoms with Gasteiger partial charge in [-0.25, -0.2) is 0 Å². The Morgan fingerprint density at radius 1 is 1.08 bits per heavy atom. The first-order valence-corrected chi connectivity index (χ1v) is 8.27. The summed E-state index contributed by atoms with van der Waals surface area (Å²) in [5.74, 6) is -1.10. The highest BCUT2D eigenvalue weighted by molar-refractivity contribution is 6.09. The van der Waals surface area contributed by atoms with Crippen LogP contribution in [0.2, 0.25) is 0 Å². The molecule has 0 aromatic heterocycles. The molecule has 0 aromatic rings. The number of aliphatic hydroxyl groups is 1. The van der Waals surface area contributed by atoms with Crippen molar-refractivity contribution >= 4 is 11.6 Å². The molecule has 0 unspecified atom stereocenters. The van der Waals surface area contributed by atoms with Gasteiger partial charge in [-0.2, -0.15) is 10.5 Å². The minimum absolute atomic E-state index is 0.0589. The van der Waals surface area contributed by atoms with Gasteiger partial charge in [0.15, 0.2) is 11.6 Å². The van der Waals surface area contributed by atoms with Gasteiger partial charge < -0.3 is 5.11 Å². The molecule has 0 radical (unpaired) electrons. The molecule has 3 rings (SSSR count). The molecule has 3 aliphatic rings. The standard InChI is InChI=1S/C20H20N2O3/c1-18(2)16-14(24)8-19(3)6-11(9-21)13(23)5-15(19)20(16,4)7-12(10-22)17(18)25/h5-7,14,16,24H,8H2,1-4H3/t14-,16-,19+,20+/m0/s1. The first kappa shape index (κ1) is 17.3. The monoisotopic (exact) mass is 336 g/mol. The van der Waals surface area contributed by atoms with Crippen LogP contribution in [0.1, 0.15) is 34.1 Å². The maximum atomic E-state index is 12.7. The summed E-state index contributed by atoms with van der Waals surface area (Å²) in [6.45, 7) is 7.25. The number of rotatable bonds is 0. The molecular weight excluding hydrogens is 316 g/mol. The van der Waals surface area contributed by atoms with E-state index in [2.05, 4.69) is 0 Å². The molecule has 0 aliphatic heterocycles. The smallest absolute Gasteiger partial charge is 0.196 e. The van der Waals surface area contributed by atoms with Gasteiger partial charge in [0.1, 0.15) is 12.1 Å². The number of fused-ring (bicyclic) bond motifs is 3. The van der Waals surface area contributed by atoms with E-state index < -0.39 is 28.3 Å². The number of hydrogen-bond donors (Lipinski definition) is 1. The van der Waals surface area contributed by atoms with Crippen molar-refractivity contribution in [2.24, 2.45) is 22.2 Å². The first-order valence-electron chi connectivity index (χ1n) is 8.27. The van der Waals surface area contributed by atoms with E-state index in [-0.39, 0.29) is 22.7 Å². The Labute approximate surface area is 146 Å². The van der Waals surface area contributed by atoms with Crippen molar-refractivity contribution in [3.63, 3.8) is 0 Å². The lowest BCUT2D eigenvalue weighted by Gasteiger charge is -2.58.